The van der Waals surface area contributed by atoms with Gasteiger partial charge in [-0.15, -0.1) is 0 Å². The Bertz CT molecular complexity index is 1130. The van der Waals surface area contributed by atoms with Gasteiger partial charge < -0.3 is 4.90 Å². The van der Waals surface area contributed by atoms with Crippen LogP contribution in [-0.2, 0) is 34.2 Å². The Hall–Kier alpha value is -2.73. The first-order valence-electron chi connectivity index (χ1n) is 11.6. The summed E-state index contributed by atoms with van der Waals surface area (Å²) in [7, 11) is -3.62. The highest BCUT2D eigenvalue weighted by Gasteiger charge is 2.22. The molecule has 0 bridgehead atoms. The van der Waals surface area contributed by atoms with Crippen LogP contribution in [0, 0.1) is 11.3 Å². The van der Waals surface area contributed by atoms with Gasteiger partial charge in [-0.3, -0.25) is 9.69 Å². The molecule has 1 N–H and O–H groups in total. The van der Waals surface area contributed by atoms with Gasteiger partial charge in [0, 0.05) is 45.7 Å². The highest BCUT2D eigenvalue weighted by atomic mass is 32.2. The molecule has 1 aliphatic heterocycles. The van der Waals surface area contributed by atoms with E-state index in [-0.39, 0.29) is 23.8 Å². The molecule has 1 fully saturated rings. The second-order valence-corrected chi connectivity index (χ2v) is 10.5. The minimum atomic E-state index is -3.62. The number of hydrogen-bond acceptors (Lipinski definition) is 5. The topological polar surface area (TPSA) is 93.5 Å². The van der Waals surface area contributed by atoms with Crippen molar-refractivity contribution in [3.8, 4) is 6.07 Å². The van der Waals surface area contributed by atoms with E-state index in [1.807, 2.05) is 35.2 Å². The maximum absolute atomic E-state index is 12.7. The first-order valence-corrected chi connectivity index (χ1v) is 13.0. The van der Waals surface area contributed by atoms with Gasteiger partial charge in [0.2, 0.25) is 15.9 Å². The number of nitriles is 1. The van der Waals surface area contributed by atoms with Crippen LogP contribution in [0.2, 0.25) is 0 Å². The van der Waals surface area contributed by atoms with E-state index in [0.717, 1.165) is 56.4 Å². The summed E-state index contributed by atoms with van der Waals surface area (Å²) in [6.07, 6.45) is 4.34. The Morgan fingerprint density at radius 2 is 1.67 bits per heavy atom. The minimum absolute atomic E-state index is 0.0267. The van der Waals surface area contributed by atoms with Crippen LogP contribution in [0.15, 0.2) is 47.4 Å². The lowest BCUT2D eigenvalue weighted by Crippen LogP contribution is -2.48. The molecule has 0 radical (unpaired) electrons. The molecule has 174 valence electrons. The van der Waals surface area contributed by atoms with Crippen molar-refractivity contribution in [3.05, 3.63) is 64.7 Å². The predicted molar refractivity (Wildman–Crippen MR) is 126 cm³/mol. The SMILES string of the molecule is N#Cc1ccc(CN2CCN(C(=O)CCNS(=O)(=O)c3ccc4c(c3)CCCC4)CC2)cc1. The number of carbonyl (C=O) groups excluding carboxylic acids is 1. The molecule has 1 heterocycles. The summed E-state index contributed by atoms with van der Waals surface area (Å²) in [5.74, 6) is -0.0267. The van der Waals surface area contributed by atoms with Crippen LogP contribution in [-0.4, -0.2) is 56.8 Å². The van der Waals surface area contributed by atoms with Crippen molar-refractivity contribution in [2.24, 2.45) is 0 Å². The molecule has 8 heteroatoms. The molecule has 33 heavy (non-hydrogen) atoms. The van der Waals surface area contributed by atoms with Gasteiger partial charge in [0.1, 0.15) is 0 Å². The van der Waals surface area contributed by atoms with E-state index >= 15 is 0 Å². The molecule has 0 unspecified atom stereocenters. The number of nitrogens with zero attached hydrogens (tertiary/aromatic N) is 3. The van der Waals surface area contributed by atoms with Gasteiger partial charge in [0.05, 0.1) is 16.5 Å². The molecule has 1 amide bonds. The highest BCUT2D eigenvalue weighted by Crippen LogP contribution is 2.24. The fourth-order valence-electron chi connectivity index (χ4n) is 4.51. The van der Waals surface area contributed by atoms with Crippen LogP contribution in [0.25, 0.3) is 0 Å². The first-order chi connectivity index (χ1) is 15.9. The predicted octanol–water partition coefficient (Wildman–Crippen LogP) is 2.45. The van der Waals surface area contributed by atoms with Crippen LogP contribution in [0.3, 0.4) is 0 Å². The number of sulfonamides is 1. The molecule has 2 aromatic rings. The average Bonchev–Trinajstić information content (AvgIpc) is 2.84. The first kappa shape index (κ1) is 23.4. The Kier molecular flexibility index (Phi) is 7.43. The number of rotatable bonds is 7. The molecule has 1 aliphatic carbocycles. The van der Waals surface area contributed by atoms with Crippen molar-refractivity contribution in [1.82, 2.24) is 14.5 Å². The molecule has 0 atom stereocenters. The number of aryl methyl sites for hydroxylation is 2. The third-order valence-corrected chi connectivity index (χ3v) is 7.93. The number of carbonyl (C=O) groups is 1. The van der Waals surface area contributed by atoms with Crippen LogP contribution >= 0.6 is 0 Å². The van der Waals surface area contributed by atoms with E-state index in [0.29, 0.717) is 18.7 Å². The quantitative estimate of drug-likeness (QED) is 0.677. The van der Waals surface area contributed by atoms with Gasteiger partial charge in [-0.2, -0.15) is 5.26 Å². The standard InChI is InChI=1S/C25H30N4O3S/c26-18-20-5-7-21(8-6-20)19-28-13-15-29(16-14-28)25(30)11-12-27-33(31,32)24-10-9-22-3-1-2-4-23(22)17-24/h5-10,17,27H,1-4,11-16,19H2. The summed E-state index contributed by atoms with van der Waals surface area (Å²) in [4.78, 5) is 17.0. The van der Waals surface area contributed by atoms with Crippen LogP contribution in [0.4, 0.5) is 0 Å². The van der Waals surface area contributed by atoms with Gasteiger partial charge in [-0.25, -0.2) is 13.1 Å². The average molecular weight is 467 g/mol. The van der Waals surface area contributed by atoms with E-state index in [2.05, 4.69) is 15.7 Å². The lowest BCUT2D eigenvalue weighted by molar-refractivity contribution is -0.132. The van der Waals surface area contributed by atoms with Crippen LogP contribution in [0.1, 0.15) is 41.5 Å². The molecule has 4 rings (SSSR count). The van der Waals surface area contributed by atoms with Crippen molar-refractivity contribution >= 4 is 15.9 Å². The van der Waals surface area contributed by atoms with Crippen LogP contribution < -0.4 is 4.72 Å². The molecular weight excluding hydrogens is 436 g/mol. The maximum Gasteiger partial charge on any atom is 0.240 e. The number of piperazine rings is 1. The monoisotopic (exact) mass is 466 g/mol. The van der Waals surface area contributed by atoms with E-state index in [4.69, 9.17) is 5.26 Å². The Morgan fingerprint density at radius 1 is 0.970 bits per heavy atom. The molecule has 7 nitrogen and oxygen atoms in total. The number of nitrogens with one attached hydrogen (secondary N) is 1. The highest BCUT2D eigenvalue weighted by molar-refractivity contribution is 7.89. The zero-order valence-electron chi connectivity index (χ0n) is 18.8. The number of benzene rings is 2. The van der Waals surface area contributed by atoms with Crippen molar-refractivity contribution in [2.45, 2.75) is 43.5 Å². The van der Waals surface area contributed by atoms with Crippen molar-refractivity contribution in [1.29, 1.82) is 5.26 Å². The van der Waals surface area contributed by atoms with Crippen LogP contribution in [0.5, 0.6) is 0 Å². The summed E-state index contributed by atoms with van der Waals surface area (Å²) < 4.78 is 27.9. The molecule has 2 aromatic carbocycles. The van der Waals surface area contributed by atoms with Gasteiger partial charge >= 0.3 is 0 Å². The van der Waals surface area contributed by atoms with Crippen molar-refractivity contribution < 1.29 is 13.2 Å². The lowest BCUT2D eigenvalue weighted by atomic mass is 9.92. The van der Waals surface area contributed by atoms with E-state index in [1.165, 1.54) is 5.56 Å². The Labute approximate surface area is 196 Å². The molecular formula is C25H30N4O3S. The number of hydrogen-bond donors (Lipinski definition) is 1. The summed E-state index contributed by atoms with van der Waals surface area (Å²) in [5.41, 5.74) is 4.16. The smallest absolute Gasteiger partial charge is 0.240 e. The minimum Gasteiger partial charge on any atom is -0.340 e. The summed E-state index contributed by atoms with van der Waals surface area (Å²) in [6, 6.07) is 15.1. The number of fused-ring (bicyclic) bond motifs is 1. The normalized spacial score (nSPS) is 16.8. The van der Waals surface area contributed by atoms with Gasteiger partial charge in [-0.05, 0) is 66.6 Å². The zero-order valence-corrected chi connectivity index (χ0v) is 19.6. The molecule has 1 saturated heterocycles. The van der Waals surface area contributed by atoms with E-state index < -0.39 is 10.0 Å². The second-order valence-electron chi connectivity index (χ2n) is 8.75. The summed E-state index contributed by atoms with van der Waals surface area (Å²) >= 11 is 0. The largest absolute Gasteiger partial charge is 0.340 e. The van der Waals surface area contributed by atoms with E-state index in [1.54, 1.807) is 12.1 Å². The second kappa shape index (κ2) is 10.5. The van der Waals surface area contributed by atoms with Gasteiger partial charge in [0.15, 0.2) is 0 Å². The lowest BCUT2D eigenvalue weighted by Gasteiger charge is -2.34. The number of amides is 1. The molecule has 2 aliphatic rings. The molecule has 0 spiro atoms. The summed E-state index contributed by atoms with van der Waals surface area (Å²) in [5, 5.41) is 8.90. The van der Waals surface area contributed by atoms with Crippen molar-refractivity contribution in [3.63, 3.8) is 0 Å². The third-order valence-electron chi connectivity index (χ3n) is 6.48. The van der Waals surface area contributed by atoms with Gasteiger partial charge in [-0.1, -0.05) is 18.2 Å². The molecule has 0 aromatic heterocycles. The summed E-state index contributed by atoms with van der Waals surface area (Å²) in [6.45, 7) is 3.69. The molecule has 0 saturated carbocycles. The fraction of sp³-hybridized carbons (Fsp3) is 0.440. The van der Waals surface area contributed by atoms with Crippen molar-refractivity contribution in [2.75, 3.05) is 32.7 Å². The Balaban J connectivity index is 1.22. The third kappa shape index (κ3) is 5.99. The van der Waals surface area contributed by atoms with Gasteiger partial charge in [0.25, 0.3) is 0 Å². The maximum atomic E-state index is 12.7. The van der Waals surface area contributed by atoms with E-state index in [9.17, 15) is 13.2 Å². The zero-order chi connectivity index (χ0) is 23.3. The fourth-order valence-corrected chi connectivity index (χ4v) is 5.59. The Morgan fingerprint density at radius 3 is 2.36 bits per heavy atom.